The molecule has 1 heterocycles. The van der Waals surface area contributed by atoms with Crippen LogP contribution in [0.25, 0.3) is 0 Å². The summed E-state index contributed by atoms with van der Waals surface area (Å²) in [6, 6.07) is 11.5. The van der Waals surface area contributed by atoms with E-state index in [0.717, 1.165) is 16.7 Å². The Hall–Kier alpha value is -2.16. The fourth-order valence-corrected chi connectivity index (χ4v) is 1.84. The van der Waals surface area contributed by atoms with Crippen molar-refractivity contribution in [3.63, 3.8) is 0 Å². The van der Waals surface area contributed by atoms with Gasteiger partial charge in [-0.2, -0.15) is 0 Å². The molecule has 0 N–H and O–H groups in total. The maximum Gasteiger partial charge on any atom is 0.253 e. The van der Waals surface area contributed by atoms with Crippen molar-refractivity contribution >= 4 is 5.91 Å². The SMILES string of the molecule is Cc1cccc(C(=O)N(C)Cc2cccnc2)c1. The van der Waals surface area contributed by atoms with Gasteiger partial charge in [0, 0.05) is 31.5 Å². The van der Waals surface area contributed by atoms with Crippen molar-refractivity contribution in [2.75, 3.05) is 7.05 Å². The van der Waals surface area contributed by atoms with Gasteiger partial charge >= 0.3 is 0 Å². The number of aryl methyl sites for hydroxylation is 1. The lowest BCUT2D eigenvalue weighted by molar-refractivity contribution is 0.0785. The van der Waals surface area contributed by atoms with Crippen molar-refractivity contribution in [3.8, 4) is 0 Å². The zero-order valence-electron chi connectivity index (χ0n) is 10.6. The van der Waals surface area contributed by atoms with Gasteiger partial charge < -0.3 is 4.90 Å². The monoisotopic (exact) mass is 240 g/mol. The van der Waals surface area contributed by atoms with Crippen LogP contribution in [-0.2, 0) is 6.54 Å². The maximum absolute atomic E-state index is 12.2. The quantitative estimate of drug-likeness (QED) is 0.826. The van der Waals surface area contributed by atoms with Crippen LogP contribution in [0.5, 0.6) is 0 Å². The van der Waals surface area contributed by atoms with Gasteiger partial charge in [0.15, 0.2) is 0 Å². The number of hydrogen-bond acceptors (Lipinski definition) is 2. The number of carbonyl (C=O) groups excluding carboxylic acids is 1. The number of nitrogens with zero attached hydrogens (tertiary/aromatic N) is 2. The predicted molar refractivity (Wildman–Crippen MR) is 71.2 cm³/mol. The highest BCUT2D eigenvalue weighted by Crippen LogP contribution is 2.09. The summed E-state index contributed by atoms with van der Waals surface area (Å²) in [5.41, 5.74) is 2.85. The molecule has 0 aliphatic carbocycles. The topological polar surface area (TPSA) is 33.2 Å². The number of benzene rings is 1. The normalized spacial score (nSPS) is 10.1. The molecule has 3 heteroatoms. The molecular weight excluding hydrogens is 224 g/mol. The summed E-state index contributed by atoms with van der Waals surface area (Å²) in [6.45, 7) is 2.55. The molecule has 18 heavy (non-hydrogen) atoms. The summed E-state index contributed by atoms with van der Waals surface area (Å²) in [6.07, 6.45) is 3.51. The number of amides is 1. The molecule has 92 valence electrons. The van der Waals surface area contributed by atoms with E-state index >= 15 is 0 Å². The fraction of sp³-hybridized carbons (Fsp3) is 0.200. The van der Waals surface area contributed by atoms with E-state index in [0.29, 0.717) is 6.54 Å². The first-order chi connectivity index (χ1) is 8.66. The molecule has 0 radical (unpaired) electrons. The predicted octanol–water partition coefficient (Wildman–Crippen LogP) is 2.66. The van der Waals surface area contributed by atoms with Crippen molar-refractivity contribution in [3.05, 3.63) is 65.5 Å². The maximum atomic E-state index is 12.2. The van der Waals surface area contributed by atoms with Gasteiger partial charge in [-0.3, -0.25) is 9.78 Å². The van der Waals surface area contributed by atoms with E-state index in [1.54, 1.807) is 24.3 Å². The number of carbonyl (C=O) groups is 1. The Bertz CT molecular complexity index is 537. The highest BCUT2D eigenvalue weighted by molar-refractivity contribution is 5.94. The van der Waals surface area contributed by atoms with Crippen molar-refractivity contribution < 1.29 is 4.79 Å². The minimum atomic E-state index is 0.0301. The van der Waals surface area contributed by atoms with Crippen LogP contribution in [0.2, 0.25) is 0 Å². The second kappa shape index (κ2) is 5.45. The molecular formula is C15H16N2O. The van der Waals surface area contributed by atoms with E-state index in [9.17, 15) is 4.79 Å². The van der Waals surface area contributed by atoms with Crippen molar-refractivity contribution in [2.24, 2.45) is 0 Å². The number of aromatic nitrogens is 1. The molecule has 1 aromatic carbocycles. The molecule has 0 aliphatic heterocycles. The molecule has 0 aliphatic rings. The van der Waals surface area contributed by atoms with E-state index < -0.39 is 0 Å². The van der Waals surface area contributed by atoms with E-state index in [1.807, 2.05) is 43.3 Å². The third-order valence-corrected chi connectivity index (χ3v) is 2.75. The van der Waals surface area contributed by atoms with Gasteiger partial charge in [-0.1, -0.05) is 23.8 Å². The number of pyridine rings is 1. The molecule has 2 rings (SSSR count). The van der Waals surface area contributed by atoms with E-state index in [2.05, 4.69) is 4.98 Å². The van der Waals surface area contributed by atoms with E-state index in [1.165, 1.54) is 0 Å². The van der Waals surface area contributed by atoms with E-state index in [-0.39, 0.29) is 5.91 Å². The summed E-state index contributed by atoms with van der Waals surface area (Å²) in [5, 5.41) is 0. The Morgan fingerprint density at radius 1 is 1.28 bits per heavy atom. The van der Waals surface area contributed by atoms with Crippen LogP contribution in [0, 0.1) is 6.92 Å². The van der Waals surface area contributed by atoms with Crippen LogP contribution in [0.1, 0.15) is 21.5 Å². The average molecular weight is 240 g/mol. The molecule has 0 saturated carbocycles. The van der Waals surface area contributed by atoms with Crippen molar-refractivity contribution in [1.82, 2.24) is 9.88 Å². The Morgan fingerprint density at radius 3 is 2.78 bits per heavy atom. The Morgan fingerprint density at radius 2 is 2.11 bits per heavy atom. The van der Waals surface area contributed by atoms with Crippen LogP contribution >= 0.6 is 0 Å². The molecule has 3 nitrogen and oxygen atoms in total. The van der Waals surface area contributed by atoms with Gasteiger partial charge in [0.25, 0.3) is 5.91 Å². The first kappa shape index (κ1) is 12.3. The molecule has 0 saturated heterocycles. The summed E-state index contributed by atoms with van der Waals surface area (Å²) in [7, 11) is 1.80. The second-order valence-corrected chi connectivity index (χ2v) is 4.39. The smallest absolute Gasteiger partial charge is 0.253 e. The number of hydrogen-bond donors (Lipinski definition) is 0. The third kappa shape index (κ3) is 2.94. The summed E-state index contributed by atoms with van der Waals surface area (Å²) in [4.78, 5) is 18.0. The van der Waals surface area contributed by atoms with Gasteiger partial charge in [-0.25, -0.2) is 0 Å². The van der Waals surface area contributed by atoms with Crippen molar-refractivity contribution in [2.45, 2.75) is 13.5 Å². The standard InChI is InChI=1S/C15H16N2O/c1-12-5-3-7-14(9-12)15(18)17(2)11-13-6-4-8-16-10-13/h3-10H,11H2,1-2H3. The molecule has 0 bridgehead atoms. The fourth-order valence-electron chi connectivity index (χ4n) is 1.84. The molecule has 2 aromatic rings. The Labute approximate surface area is 107 Å². The third-order valence-electron chi connectivity index (χ3n) is 2.75. The molecule has 0 atom stereocenters. The van der Waals surface area contributed by atoms with Gasteiger partial charge in [-0.05, 0) is 30.7 Å². The van der Waals surface area contributed by atoms with Crippen LogP contribution in [0.4, 0.5) is 0 Å². The van der Waals surface area contributed by atoms with Gasteiger partial charge in [0.05, 0.1) is 0 Å². The minimum absolute atomic E-state index is 0.0301. The minimum Gasteiger partial charge on any atom is -0.337 e. The molecule has 0 unspecified atom stereocenters. The van der Waals surface area contributed by atoms with Crippen LogP contribution in [0.3, 0.4) is 0 Å². The molecule has 0 spiro atoms. The average Bonchev–Trinajstić information content (AvgIpc) is 2.39. The highest BCUT2D eigenvalue weighted by atomic mass is 16.2. The van der Waals surface area contributed by atoms with Crippen LogP contribution < -0.4 is 0 Å². The molecule has 1 amide bonds. The molecule has 1 aromatic heterocycles. The second-order valence-electron chi connectivity index (χ2n) is 4.39. The van der Waals surface area contributed by atoms with Gasteiger partial charge in [0.2, 0.25) is 0 Å². The first-order valence-corrected chi connectivity index (χ1v) is 5.88. The lowest BCUT2D eigenvalue weighted by Crippen LogP contribution is -2.26. The summed E-state index contributed by atoms with van der Waals surface area (Å²) >= 11 is 0. The van der Waals surface area contributed by atoms with E-state index in [4.69, 9.17) is 0 Å². The Balaban J connectivity index is 2.10. The lowest BCUT2D eigenvalue weighted by Gasteiger charge is -2.17. The zero-order valence-corrected chi connectivity index (χ0v) is 10.6. The highest BCUT2D eigenvalue weighted by Gasteiger charge is 2.11. The van der Waals surface area contributed by atoms with Gasteiger partial charge in [-0.15, -0.1) is 0 Å². The molecule has 0 fully saturated rings. The summed E-state index contributed by atoms with van der Waals surface area (Å²) < 4.78 is 0. The summed E-state index contributed by atoms with van der Waals surface area (Å²) in [5.74, 6) is 0.0301. The largest absolute Gasteiger partial charge is 0.337 e. The number of rotatable bonds is 3. The zero-order chi connectivity index (χ0) is 13.0. The van der Waals surface area contributed by atoms with Crippen molar-refractivity contribution in [1.29, 1.82) is 0 Å². The Kier molecular flexibility index (Phi) is 3.72. The lowest BCUT2D eigenvalue weighted by atomic mass is 10.1. The van der Waals surface area contributed by atoms with Crippen LogP contribution in [0.15, 0.2) is 48.8 Å². The first-order valence-electron chi connectivity index (χ1n) is 5.88. The van der Waals surface area contributed by atoms with Crippen LogP contribution in [-0.4, -0.2) is 22.8 Å². The van der Waals surface area contributed by atoms with Gasteiger partial charge in [0.1, 0.15) is 0 Å².